The van der Waals surface area contributed by atoms with Crippen molar-refractivity contribution in [1.82, 2.24) is 5.32 Å². The van der Waals surface area contributed by atoms with E-state index in [1.807, 2.05) is 13.8 Å². The van der Waals surface area contributed by atoms with Gasteiger partial charge in [-0.2, -0.15) is 0 Å². The van der Waals surface area contributed by atoms with Crippen LogP contribution < -0.4 is 5.32 Å². The van der Waals surface area contributed by atoms with E-state index in [9.17, 15) is 0 Å². The third kappa shape index (κ3) is 6.56. The molecule has 1 aliphatic carbocycles. The van der Waals surface area contributed by atoms with Gasteiger partial charge in [0.1, 0.15) is 0 Å². The Hall–Kier alpha value is -1.48. The maximum absolute atomic E-state index is 8.56. The lowest BCUT2D eigenvalue weighted by Gasteiger charge is -2.18. The minimum Gasteiger partial charge on any atom is -0.316 e. The minimum absolute atomic E-state index is 0.409. The Balaban J connectivity index is 2.87. The summed E-state index contributed by atoms with van der Waals surface area (Å²) >= 11 is 0. The first-order chi connectivity index (χ1) is 11.3. The molecule has 0 aromatic carbocycles. The molecular formula is C21H35N3. The van der Waals surface area contributed by atoms with E-state index >= 15 is 0 Å². The van der Waals surface area contributed by atoms with Gasteiger partial charge in [-0.05, 0) is 64.1 Å². The fourth-order valence-electron chi connectivity index (χ4n) is 2.71. The Bertz CT molecular complexity index is 545. The molecule has 0 aromatic heterocycles. The lowest BCUT2D eigenvalue weighted by molar-refractivity contribution is 0.552. The van der Waals surface area contributed by atoms with Crippen LogP contribution in [0.4, 0.5) is 0 Å². The van der Waals surface area contributed by atoms with Gasteiger partial charge in [-0.1, -0.05) is 38.2 Å². The molecule has 0 unspecified atom stereocenters. The monoisotopic (exact) mass is 329 g/mol. The van der Waals surface area contributed by atoms with E-state index in [-0.39, 0.29) is 0 Å². The summed E-state index contributed by atoms with van der Waals surface area (Å²) < 4.78 is 0. The van der Waals surface area contributed by atoms with Crippen LogP contribution in [0.25, 0.3) is 0 Å². The second kappa shape index (κ2) is 9.73. The van der Waals surface area contributed by atoms with Crippen molar-refractivity contribution in [1.29, 1.82) is 5.41 Å². The Labute approximate surface area is 148 Å². The largest absolute Gasteiger partial charge is 0.316 e. The molecular weight excluding hydrogens is 294 g/mol. The molecule has 24 heavy (non-hydrogen) atoms. The number of nitrogens with zero attached hydrogens (tertiary/aromatic N) is 1. The predicted molar refractivity (Wildman–Crippen MR) is 107 cm³/mol. The third-order valence-corrected chi connectivity index (χ3v) is 4.40. The van der Waals surface area contributed by atoms with Crippen LogP contribution in [-0.4, -0.2) is 31.6 Å². The molecule has 0 aromatic rings. The topological polar surface area (TPSA) is 48.2 Å². The normalized spacial score (nSPS) is 16.2. The highest BCUT2D eigenvalue weighted by Crippen LogP contribution is 2.35. The Kier molecular flexibility index (Phi) is 8.34. The summed E-state index contributed by atoms with van der Waals surface area (Å²) in [6.07, 6.45) is 4.00. The maximum Gasteiger partial charge on any atom is 0.0438 e. The van der Waals surface area contributed by atoms with Crippen LogP contribution in [-0.2, 0) is 0 Å². The van der Waals surface area contributed by atoms with E-state index in [2.05, 4.69) is 37.3 Å². The van der Waals surface area contributed by atoms with Crippen LogP contribution in [0.3, 0.4) is 0 Å². The van der Waals surface area contributed by atoms with Crippen LogP contribution in [0.5, 0.6) is 0 Å². The molecule has 3 heteroatoms. The number of aliphatic imine (C=N–C) groups is 1. The molecule has 0 heterocycles. The zero-order chi connectivity index (χ0) is 18.3. The lowest BCUT2D eigenvalue weighted by Crippen LogP contribution is -2.21. The first kappa shape index (κ1) is 20.6. The summed E-state index contributed by atoms with van der Waals surface area (Å²) in [4.78, 5) is 4.36. The zero-order valence-electron chi connectivity index (χ0n) is 16.3. The van der Waals surface area contributed by atoms with Crippen LogP contribution >= 0.6 is 0 Å². The fraction of sp³-hybridized carbons (Fsp3) is 0.619. The van der Waals surface area contributed by atoms with Crippen molar-refractivity contribution in [3.05, 3.63) is 35.5 Å². The van der Waals surface area contributed by atoms with Crippen molar-refractivity contribution in [2.75, 3.05) is 20.1 Å². The summed E-state index contributed by atoms with van der Waals surface area (Å²) in [7, 11) is 1.80. The van der Waals surface area contributed by atoms with E-state index in [1.54, 1.807) is 7.05 Å². The summed E-state index contributed by atoms with van der Waals surface area (Å²) in [5.74, 6) is 1.07. The molecule has 0 amide bonds. The molecule has 1 rings (SSSR count). The lowest BCUT2D eigenvalue weighted by atomic mass is 9.88. The van der Waals surface area contributed by atoms with Crippen LogP contribution in [0, 0.1) is 17.2 Å². The van der Waals surface area contributed by atoms with E-state index in [0.717, 1.165) is 66.9 Å². The second-order valence-corrected chi connectivity index (χ2v) is 7.41. The van der Waals surface area contributed by atoms with Crippen molar-refractivity contribution in [2.24, 2.45) is 16.8 Å². The molecule has 0 bridgehead atoms. The minimum atomic E-state index is 0.409. The van der Waals surface area contributed by atoms with Gasteiger partial charge in [0, 0.05) is 30.0 Å². The highest BCUT2D eigenvalue weighted by Gasteiger charge is 2.31. The smallest absolute Gasteiger partial charge is 0.0438 e. The van der Waals surface area contributed by atoms with Crippen LogP contribution in [0.1, 0.15) is 53.4 Å². The summed E-state index contributed by atoms with van der Waals surface area (Å²) in [6, 6.07) is 0. The maximum atomic E-state index is 8.56. The summed E-state index contributed by atoms with van der Waals surface area (Å²) in [6.45, 7) is 18.9. The van der Waals surface area contributed by atoms with Gasteiger partial charge in [-0.25, -0.2) is 0 Å². The van der Waals surface area contributed by atoms with Gasteiger partial charge in [0.05, 0.1) is 0 Å². The molecule has 0 aliphatic heterocycles. The van der Waals surface area contributed by atoms with Gasteiger partial charge in [-0.15, -0.1) is 0 Å². The van der Waals surface area contributed by atoms with E-state index in [1.165, 1.54) is 5.57 Å². The highest BCUT2D eigenvalue weighted by molar-refractivity contribution is 6.24. The number of nitrogens with one attached hydrogen (secondary N) is 2. The molecule has 2 N–H and O–H groups in total. The van der Waals surface area contributed by atoms with Crippen LogP contribution in [0.15, 0.2) is 40.4 Å². The number of rotatable bonds is 11. The molecule has 134 valence electrons. The quantitative estimate of drug-likeness (QED) is 0.239. The van der Waals surface area contributed by atoms with Crippen LogP contribution in [0.2, 0.25) is 0 Å². The zero-order valence-corrected chi connectivity index (χ0v) is 16.3. The first-order valence-corrected chi connectivity index (χ1v) is 9.06. The van der Waals surface area contributed by atoms with Gasteiger partial charge in [0.2, 0.25) is 0 Å². The van der Waals surface area contributed by atoms with Gasteiger partial charge in [0.25, 0.3) is 0 Å². The SMILES string of the molecule is C=C(CCNCC(C)C)C/C(C(=C)C)=C(\C(=N)C1CC1)C(C)=NC. The average Bonchev–Trinajstić information content (AvgIpc) is 3.34. The standard InChI is InChI=1S/C21H35N3/c1-14(2)13-24-11-10-16(5)12-19(15(3)4)20(17(6)23-7)21(22)18-8-9-18/h14,18,22,24H,3,5,8-13H2,1-2,4,6-7H3/b20-19+,22-21?,23-17?. The number of hydrogen-bond donors (Lipinski definition) is 2. The molecule has 0 spiro atoms. The van der Waals surface area contributed by atoms with Gasteiger partial charge in [-0.3, -0.25) is 4.99 Å². The molecule has 0 atom stereocenters. The van der Waals surface area contributed by atoms with Gasteiger partial charge >= 0.3 is 0 Å². The van der Waals surface area contributed by atoms with E-state index in [4.69, 9.17) is 5.41 Å². The summed E-state index contributed by atoms with van der Waals surface area (Å²) in [5, 5.41) is 12.0. The van der Waals surface area contributed by atoms with Crippen molar-refractivity contribution in [2.45, 2.75) is 53.4 Å². The molecule has 0 radical (unpaired) electrons. The summed E-state index contributed by atoms with van der Waals surface area (Å²) in [5.41, 5.74) is 6.04. The Morgan fingerprint density at radius 2 is 1.88 bits per heavy atom. The Morgan fingerprint density at radius 3 is 2.33 bits per heavy atom. The molecule has 1 fully saturated rings. The third-order valence-electron chi connectivity index (χ3n) is 4.40. The molecule has 0 saturated heterocycles. The van der Waals surface area contributed by atoms with E-state index in [0.29, 0.717) is 11.8 Å². The molecule has 1 saturated carbocycles. The highest BCUT2D eigenvalue weighted by atomic mass is 14.8. The number of allylic oxidation sites excluding steroid dienone is 3. The van der Waals surface area contributed by atoms with Gasteiger partial charge in [0.15, 0.2) is 0 Å². The first-order valence-electron chi connectivity index (χ1n) is 9.06. The molecule has 3 nitrogen and oxygen atoms in total. The van der Waals surface area contributed by atoms with Crippen molar-refractivity contribution in [3.63, 3.8) is 0 Å². The van der Waals surface area contributed by atoms with Crippen molar-refractivity contribution in [3.8, 4) is 0 Å². The predicted octanol–water partition coefficient (Wildman–Crippen LogP) is 4.96. The van der Waals surface area contributed by atoms with E-state index < -0.39 is 0 Å². The molecule has 1 aliphatic rings. The van der Waals surface area contributed by atoms with Crippen molar-refractivity contribution < 1.29 is 0 Å². The van der Waals surface area contributed by atoms with Crippen molar-refractivity contribution >= 4 is 11.4 Å². The Morgan fingerprint density at radius 1 is 1.25 bits per heavy atom. The van der Waals surface area contributed by atoms with Gasteiger partial charge < -0.3 is 10.7 Å². The fourth-order valence-corrected chi connectivity index (χ4v) is 2.71. The second-order valence-electron chi connectivity index (χ2n) is 7.41. The average molecular weight is 330 g/mol. The number of hydrogen-bond acceptors (Lipinski definition) is 3.